The lowest BCUT2D eigenvalue weighted by molar-refractivity contribution is -0.154. The number of aliphatic carboxylic acids is 1. The first kappa shape index (κ1) is 15.4. The minimum atomic E-state index is -1.11. The van der Waals surface area contributed by atoms with E-state index >= 15 is 0 Å². The van der Waals surface area contributed by atoms with Gasteiger partial charge in [0.15, 0.2) is 5.54 Å². The minimum Gasteiger partial charge on any atom is -0.479 e. The van der Waals surface area contributed by atoms with Crippen molar-refractivity contribution in [1.29, 1.82) is 0 Å². The van der Waals surface area contributed by atoms with E-state index in [1.807, 2.05) is 6.07 Å². The number of aromatic nitrogens is 4. The summed E-state index contributed by atoms with van der Waals surface area (Å²) in [6.07, 6.45) is 7.09. The van der Waals surface area contributed by atoms with E-state index < -0.39 is 11.5 Å². The maximum atomic E-state index is 13.4. The van der Waals surface area contributed by atoms with Crippen molar-refractivity contribution in [3.63, 3.8) is 0 Å². The van der Waals surface area contributed by atoms with Crippen LogP contribution in [-0.4, -0.2) is 30.8 Å². The Bertz CT molecular complexity index is 920. The van der Waals surface area contributed by atoms with Crippen molar-refractivity contribution in [1.82, 2.24) is 19.7 Å². The van der Waals surface area contributed by atoms with Crippen LogP contribution in [0.25, 0.3) is 11.3 Å². The molecule has 0 spiro atoms. The number of rotatable bonds is 4. The Morgan fingerprint density at radius 3 is 2.84 bits per heavy atom. The Morgan fingerprint density at radius 2 is 2.16 bits per heavy atom. The van der Waals surface area contributed by atoms with E-state index in [-0.39, 0.29) is 11.7 Å². The number of carboxylic acid groups (broad SMARTS) is 1. The van der Waals surface area contributed by atoms with Gasteiger partial charge in [0.25, 0.3) is 0 Å². The van der Waals surface area contributed by atoms with Crippen molar-refractivity contribution in [2.45, 2.75) is 24.3 Å². The van der Waals surface area contributed by atoms with Gasteiger partial charge >= 0.3 is 5.97 Å². The summed E-state index contributed by atoms with van der Waals surface area (Å²) < 4.78 is 14.9. The highest BCUT2D eigenvalue weighted by molar-refractivity contribution is 5.79. The molecular weight excluding hydrogens is 323 g/mol. The van der Waals surface area contributed by atoms with E-state index in [0.717, 1.165) is 11.1 Å². The molecular formula is C18H15FN4O2. The zero-order valence-corrected chi connectivity index (χ0v) is 13.2. The molecule has 0 bridgehead atoms. The maximum Gasteiger partial charge on any atom is 0.331 e. The molecule has 2 aromatic heterocycles. The molecule has 1 aliphatic rings. The number of hydrogen-bond donors (Lipinski definition) is 1. The van der Waals surface area contributed by atoms with Crippen molar-refractivity contribution in [3.8, 4) is 11.3 Å². The Hall–Kier alpha value is -3.09. The second-order valence-corrected chi connectivity index (χ2v) is 6.27. The molecule has 25 heavy (non-hydrogen) atoms. The zero-order chi connectivity index (χ0) is 17.4. The quantitative estimate of drug-likeness (QED) is 0.791. The summed E-state index contributed by atoms with van der Waals surface area (Å²) in [5.74, 6) is -1.24. The lowest BCUT2D eigenvalue weighted by Gasteiger charge is -2.44. The normalized spacial score (nSPS) is 22.4. The summed E-state index contributed by atoms with van der Waals surface area (Å²) >= 11 is 0. The van der Waals surface area contributed by atoms with E-state index in [9.17, 15) is 14.3 Å². The number of benzene rings is 1. The highest BCUT2D eigenvalue weighted by atomic mass is 19.1. The summed E-state index contributed by atoms with van der Waals surface area (Å²) in [6.45, 7) is 0. The van der Waals surface area contributed by atoms with Crippen molar-refractivity contribution in [2.24, 2.45) is 0 Å². The summed E-state index contributed by atoms with van der Waals surface area (Å²) in [4.78, 5) is 20.0. The van der Waals surface area contributed by atoms with Crippen molar-refractivity contribution in [2.75, 3.05) is 0 Å². The lowest BCUT2D eigenvalue weighted by atomic mass is 9.65. The van der Waals surface area contributed by atoms with E-state index in [0.29, 0.717) is 18.5 Å². The monoisotopic (exact) mass is 338 g/mol. The van der Waals surface area contributed by atoms with E-state index in [4.69, 9.17) is 0 Å². The van der Waals surface area contributed by atoms with Crippen LogP contribution in [0.1, 0.15) is 24.3 Å². The average molecular weight is 338 g/mol. The SMILES string of the molecule is O=C(O)C1(n2cc(-c3ccncn3)cn2)CC(c2cccc(F)c2)C1. The minimum absolute atomic E-state index is 0.00139. The number of nitrogens with zero attached hydrogens (tertiary/aromatic N) is 4. The van der Waals surface area contributed by atoms with E-state index in [1.165, 1.54) is 23.1 Å². The van der Waals surface area contributed by atoms with Crippen LogP contribution in [0.4, 0.5) is 4.39 Å². The molecule has 1 N–H and O–H groups in total. The first-order valence-corrected chi connectivity index (χ1v) is 7.89. The first-order chi connectivity index (χ1) is 12.1. The summed E-state index contributed by atoms with van der Waals surface area (Å²) in [5, 5.41) is 14.0. The smallest absolute Gasteiger partial charge is 0.331 e. The fraction of sp³-hybridized carbons (Fsp3) is 0.222. The van der Waals surface area contributed by atoms with Crippen molar-refractivity contribution in [3.05, 3.63) is 66.6 Å². The molecule has 7 heteroatoms. The predicted octanol–water partition coefficient (Wildman–Crippen LogP) is 2.84. The third-order valence-corrected chi connectivity index (χ3v) is 4.79. The summed E-state index contributed by atoms with van der Waals surface area (Å²) in [7, 11) is 0. The second kappa shape index (κ2) is 5.77. The average Bonchev–Trinajstić information content (AvgIpc) is 3.05. The molecule has 1 saturated carbocycles. The van der Waals surface area contributed by atoms with Gasteiger partial charge in [0.05, 0.1) is 11.9 Å². The molecule has 2 heterocycles. The van der Waals surface area contributed by atoms with Crippen LogP contribution in [0.3, 0.4) is 0 Å². The third kappa shape index (κ3) is 2.57. The number of hydrogen-bond acceptors (Lipinski definition) is 4. The predicted molar refractivity (Wildman–Crippen MR) is 87.2 cm³/mol. The van der Waals surface area contributed by atoms with Crippen molar-refractivity contribution < 1.29 is 14.3 Å². The van der Waals surface area contributed by atoms with Crippen LogP contribution < -0.4 is 0 Å². The Morgan fingerprint density at radius 1 is 1.32 bits per heavy atom. The van der Waals surface area contributed by atoms with Crippen LogP contribution in [0.5, 0.6) is 0 Å². The zero-order valence-electron chi connectivity index (χ0n) is 13.2. The molecule has 0 amide bonds. The molecule has 0 radical (unpaired) electrons. The molecule has 0 unspecified atom stereocenters. The molecule has 1 aromatic carbocycles. The van der Waals surface area contributed by atoms with Gasteiger partial charge in [-0.1, -0.05) is 12.1 Å². The number of carboxylic acids is 1. The van der Waals surface area contributed by atoms with Crippen LogP contribution >= 0.6 is 0 Å². The van der Waals surface area contributed by atoms with E-state index in [2.05, 4.69) is 15.1 Å². The molecule has 0 aliphatic heterocycles. The summed E-state index contributed by atoms with van der Waals surface area (Å²) in [6, 6.07) is 8.06. The van der Waals surface area contributed by atoms with Gasteiger partial charge in [-0.15, -0.1) is 0 Å². The van der Waals surface area contributed by atoms with Gasteiger partial charge in [-0.05, 0) is 42.5 Å². The number of carbonyl (C=O) groups is 1. The lowest BCUT2D eigenvalue weighted by Crippen LogP contribution is -2.51. The molecule has 0 saturated heterocycles. The molecule has 3 aromatic rings. The second-order valence-electron chi connectivity index (χ2n) is 6.27. The Labute approximate surface area is 143 Å². The highest BCUT2D eigenvalue weighted by Crippen LogP contribution is 2.49. The third-order valence-electron chi connectivity index (χ3n) is 4.79. The first-order valence-electron chi connectivity index (χ1n) is 7.89. The van der Waals surface area contributed by atoms with Gasteiger partial charge in [-0.2, -0.15) is 5.10 Å². The van der Waals surface area contributed by atoms with Gasteiger partial charge in [-0.25, -0.2) is 19.2 Å². The highest BCUT2D eigenvalue weighted by Gasteiger charge is 2.53. The van der Waals surface area contributed by atoms with Crippen LogP contribution in [0.2, 0.25) is 0 Å². The van der Waals surface area contributed by atoms with Gasteiger partial charge in [0.1, 0.15) is 12.1 Å². The summed E-state index contributed by atoms with van der Waals surface area (Å²) in [5.41, 5.74) is 1.13. The van der Waals surface area contributed by atoms with E-state index in [1.54, 1.807) is 30.7 Å². The molecule has 126 valence electrons. The topological polar surface area (TPSA) is 80.9 Å². The molecule has 4 rings (SSSR count). The molecule has 1 fully saturated rings. The maximum absolute atomic E-state index is 13.4. The standard InChI is InChI=1S/C18H15FN4O2/c19-15-3-1-2-12(6-15)13-7-18(8-13,17(24)25)23-10-14(9-22-23)16-4-5-20-11-21-16/h1-6,9-11,13H,7-8H2,(H,24,25). The van der Waals surface area contributed by atoms with Crippen molar-refractivity contribution >= 4 is 5.97 Å². The Kier molecular flexibility index (Phi) is 3.56. The van der Waals surface area contributed by atoms with Crippen LogP contribution in [0.15, 0.2) is 55.2 Å². The largest absolute Gasteiger partial charge is 0.479 e. The Balaban J connectivity index is 1.62. The molecule has 6 nitrogen and oxygen atoms in total. The van der Waals surface area contributed by atoms with Gasteiger partial charge in [-0.3, -0.25) is 4.68 Å². The molecule has 0 atom stereocenters. The van der Waals surface area contributed by atoms with Gasteiger partial charge in [0.2, 0.25) is 0 Å². The van der Waals surface area contributed by atoms with Crippen LogP contribution in [0, 0.1) is 5.82 Å². The van der Waals surface area contributed by atoms with Gasteiger partial charge < -0.3 is 5.11 Å². The fourth-order valence-corrected chi connectivity index (χ4v) is 3.36. The fourth-order valence-electron chi connectivity index (χ4n) is 3.36. The number of halogens is 1. The van der Waals surface area contributed by atoms with Gasteiger partial charge in [0, 0.05) is 18.0 Å². The molecule has 1 aliphatic carbocycles. The van der Waals surface area contributed by atoms with Crippen LogP contribution in [-0.2, 0) is 10.3 Å².